The van der Waals surface area contributed by atoms with Crippen molar-refractivity contribution in [2.75, 3.05) is 6.54 Å². The van der Waals surface area contributed by atoms with Gasteiger partial charge in [0.2, 0.25) is 0 Å². The van der Waals surface area contributed by atoms with Crippen molar-refractivity contribution < 1.29 is 5.11 Å². The van der Waals surface area contributed by atoms with Crippen molar-refractivity contribution in [3.8, 4) is 0 Å². The van der Waals surface area contributed by atoms with E-state index in [-0.39, 0.29) is 0 Å². The minimum Gasteiger partial charge on any atom is -0.389 e. The van der Waals surface area contributed by atoms with Crippen molar-refractivity contribution in [3.63, 3.8) is 0 Å². The number of hydrogen-bond acceptors (Lipinski definition) is 2. The van der Waals surface area contributed by atoms with Gasteiger partial charge in [0.1, 0.15) is 0 Å². The van der Waals surface area contributed by atoms with E-state index in [1.165, 1.54) is 0 Å². The highest BCUT2D eigenvalue weighted by molar-refractivity contribution is 5.02. The van der Waals surface area contributed by atoms with Gasteiger partial charge in [0.15, 0.2) is 0 Å². The Hall–Kier alpha value is -0.0800. The van der Waals surface area contributed by atoms with Crippen molar-refractivity contribution in [3.05, 3.63) is 0 Å². The zero-order chi connectivity index (χ0) is 9.35. The van der Waals surface area contributed by atoms with Gasteiger partial charge in [-0.15, -0.1) is 0 Å². The van der Waals surface area contributed by atoms with E-state index in [9.17, 15) is 5.11 Å². The largest absolute Gasteiger partial charge is 0.389 e. The van der Waals surface area contributed by atoms with Gasteiger partial charge >= 0.3 is 0 Å². The first-order valence-corrected chi connectivity index (χ1v) is 4.98. The smallest absolute Gasteiger partial charge is 0.0718 e. The van der Waals surface area contributed by atoms with Crippen LogP contribution in [-0.2, 0) is 0 Å². The fourth-order valence-electron chi connectivity index (χ4n) is 2.47. The lowest BCUT2D eigenvalue weighted by Crippen LogP contribution is -2.58. The minimum atomic E-state index is -0.455. The van der Waals surface area contributed by atoms with E-state index in [0.29, 0.717) is 24.3 Å². The van der Waals surface area contributed by atoms with Gasteiger partial charge in [0.05, 0.1) is 5.60 Å². The van der Waals surface area contributed by atoms with Crippen molar-refractivity contribution in [1.82, 2.24) is 0 Å². The topological polar surface area (TPSA) is 46.2 Å². The zero-order valence-corrected chi connectivity index (χ0v) is 8.38. The van der Waals surface area contributed by atoms with E-state index >= 15 is 0 Å². The highest BCUT2D eigenvalue weighted by Crippen LogP contribution is 2.48. The number of aliphatic hydroxyl groups is 1. The lowest BCUT2D eigenvalue weighted by atomic mass is 9.57. The van der Waals surface area contributed by atoms with Crippen LogP contribution >= 0.6 is 0 Å². The van der Waals surface area contributed by atoms with Gasteiger partial charge in [0, 0.05) is 0 Å². The Morgan fingerprint density at radius 3 is 2.42 bits per heavy atom. The SMILES string of the molecule is CCC(CN)C1(O)CC(C)C1C. The molecule has 0 aliphatic heterocycles. The van der Waals surface area contributed by atoms with Crippen LogP contribution in [0.2, 0.25) is 0 Å². The molecule has 1 saturated carbocycles. The van der Waals surface area contributed by atoms with Crippen LogP contribution in [-0.4, -0.2) is 17.3 Å². The number of nitrogens with two attached hydrogens (primary N) is 1. The molecule has 0 amide bonds. The highest BCUT2D eigenvalue weighted by atomic mass is 16.3. The molecule has 1 rings (SSSR count). The zero-order valence-electron chi connectivity index (χ0n) is 8.38. The second kappa shape index (κ2) is 3.35. The summed E-state index contributed by atoms with van der Waals surface area (Å²) in [6.07, 6.45) is 1.92. The Labute approximate surface area is 75.2 Å². The van der Waals surface area contributed by atoms with Gasteiger partial charge < -0.3 is 10.8 Å². The molecule has 0 aromatic heterocycles. The molecular weight excluding hydrogens is 150 g/mol. The summed E-state index contributed by atoms with van der Waals surface area (Å²) >= 11 is 0. The molecule has 0 aromatic carbocycles. The maximum absolute atomic E-state index is 10.2. The summed E-state index contributed by atoms with van der Waals surface area (Å²) in [6, 6.07) is 0. The standard InChI is InChI=1S/C10H21NO/c1-4-9(6-11)10(12)5-7(2)8(10)3/h7-9,12H,4-6,11H2,1-3H3. The quantitative estimate of drug-likeness (QED) is 0.674. The predicted molar refractivity (Wildman–Crippen MR) is 50.7 cm³/mol. The normalized spacial score (nSPS) is 43.8. The molecule has 0 heterocycles. The first-order chi connectivity index (χ1) is 5.56. The monoisotopic (exact) mass is 171 g/mol. The van der Waals surface area contributed by atoms with Gasteiger partial charge in [0.25, 0.3) is 0 Å². The third kappa shape index (κ3) is 1.27. The molecular formula is C10H21NO. The van der Waals surface area contributed by atoms with E-state index < -0.39 is 5.60 Å². The van der Waals surface area contributed by atoms with E-state index in [1.54, 1.807) is 0 Å². The third-order valence-electron chi connectivity index (χ3n) is 3.78. The van der Waals surface area contributed by atoms with Crippen LogP contribution in [0.3, 0.4) is 0 Å². The van der Waals surface area contributed by atoms with Gasteiger partial charge in [-0.05, 0) is 37.1 Å². The molecule has 0 aromatic rings. The molecule has 1 aliphatic carbocycles. The first-order valence-electron chi connectivity index (χ1n) is 4.98. The fraction of sp³-hybridized carbons (Fsp3) is 1.00. The van der Waals surface area contributed by atoms with E-state index in [1.807, 2.05) is 0 Å². The second-order valence-electron chi connectivity index (χ2n) is 4.30. The van der Waals surface area contributed by atoms with Crippen LogP contribution in [0.1, 0.15) is 33.6 Å². The molecule has 4 atom stereocenters. The molecule has 2 nitrogen and oxygen atoms in total. The summed E-state index contributed by atoms with van der Waals surface area (Å²) < 4.78 is 0. The molecule has 1 fully saturated rings. The number of hydrogen-bond donors (Lipinski definition) is 2. The van der Waals surface area contributed by atoms with Crippen LogP contribution in [0.25, 0.3) is 0 Å². The van der Waals surface area contributed by atoms with Crippen LogP contribution < -0.4 is 5.73 Å². The molecule has 12 heavy (non-hydrogen) atoms. The van der Waals surface area contributed by atoms with Crippen LogP contribution in [0.15, 0.2) is 0 Å². The molecule has 0 saturated heterocycles. The average molecular weight is 171 g/mol. The van der Waals surface area contributed by atoms with Crippen molar-refractivity contribution in [2.24, 2.45) is 23.5 Å². The molecule has 0 bridgehead atoms. The Balaban J connectivity index is 2.60. The maximum Gasteiger partial charge on any atom is 0.0718 e. The van der Waals surface area contributed by atoms with E-state index in [2.05, 4.69) is 20.8 Å². The Morgan fingerprint density at radius 2 is 2.17 bits per heavy atom. The van der Waals surface area contributed by atoms with Crippen LogP contribution in [0, 0.1) is 17.8 Å². The summed E-state index contributed by atoms with van der Waals surface area (Å²) in [6.45, 7) is 7.05. The van der Waals surface area contributed by atoms with Gasteiger partial charge in [-0.2, -0.15) is 0 Å². The predicted octanol–water partition coefficient (Wildman–Crippen LogP) is 1.38. The summed E-state index contributed by atoms with van der Waals surface area (Å²) in [5.41, 5.74) is 5.17. The summed E-state index contributed by atoms with van der Waals surface area (Å²) in [4.78, 5) is 0. The van der Waals surface area contributed by atoms with E-state index in [4.69, 9.17) is 5.73 Å². The second-order valence-corrected chi connectivity index (χ2v) is 4.30. The molecule has 72 valence electrons. The lowest BCUT2D eigenvalue weighted by Gasteiger charge is -2.53. The maximum atomic E-state index is 10.2. The molecule has 0 spiro atoms. The molecule has 3 N–H and O–H groups in total. The first kappa shape index (κ1) is 10.0. The van der Waals surface area contributed by atoms with E-state index in [0.717, 1.165) is 12.8 Å². The summed E-state index contributed by atoms with van der Waals surface area (Å²) in [5, 5.41) is 10.2. The Kier molecular flexibility index (Phi) is 2.79. The van der Waals surface area contributed by atoms with Crippen LogP contribution in [0.4, 0.5) is 0 Å². The number of rotatable bonds is 3. The highest BCUT2D eigenvalue weighted by Gasteiger charge is 2.51. The average Bonchev–Trinajstić information content (AvgIpc) is 2.06. The van der Waals surface area contributed by atoms with Crippen molar-refractivity contribution >= 4 is 0 Å². The summed E-state index contributed by atoms with van der Waals surface area (Å²) in [5.74, 6) is 1.38. The Morgan fingerprint density at radius 1 is 1.58 bits per heavy atom. The minimum absolute atomic E-state index is 0.295. The van der Waals surface area contributed by atoms with Gasteiger partial charge in [-0.25, -0.2) is 0 Å². The molecule has 4 unspecified atom stereocenters. The molecule has 0 radical (unpaired) electrons. The third-order valence-corrected chi connectivity index (χ3v) is 3.78. The van der Waals surface area contributed by atoms with Gasteiger partial charge in [-0.3, -0.25) is 0 Å². The fourth-order valence-corrected chi connectivity index (χ4v) is 2.47. The Bertz CT molecular complexity index is 156. The summed E-state index contributed by atoms with van der Waals surface area (Å²) in [7, 11) is 0. The van der Waals surface area contributed by atoms with Crippen LogP contribution in [0.5, 0.6) is 0 Å². The van der Waals surface area contributed by atoms with Crippen molar-refractivity contribution in [1.29, 1.82) is 0 Å². The molecule has 1 aliphatic rings. The van der Waals surface area contributed by atoms with Gasteiger partial charge in [-0.1, -0.05) is 20.8 Å². The molecule has 2 heteroatoms. The lowest BCUT2D eigenvalue weighted by molar-refractivity contribution is -0.162. The van der Waals surface area contributed by atoms with Crippen molar-refractivity contribution in [2.45, 2.75) is 39.2 Å².